The van der Waals surface area contributed by atoms with E-state index in [2.05, 4.69) is 10.6 Å². The van der Waals surface area contributed by atoms with Crippen LogP contribution in [0, 0.1) is 5.82 Å². The number of anilines is 2. The number of hydrogen-bond acceptors (Lipinski definition) is 4. The maximum atomic E-state index is 13.4. The van der Waals surface area contributed by atoms with Crippen LogP contribution in [0.3, 0.4) is 0 Å². The lowest BCUT2D eigenvalue weighted by molar-refractivity contribution is -0.123. The Morgan fingerprint density at radius 2 is 1.53 bits per heavy atom. The van der Waals surface area contributed by atoms with Gasteiger partial charge in [-0.3, -0.25) is 9.69 Å². The van der Waals surface area contributed by atoms with Crippen LogP contribution in [0.1, 0.15) is 6.92 Å². The van der Waals surface area contributed by atoms with Gasteiger partial charge in [-0.05, 0) is 79.7 Å². The maximum Gasteiger partial charge on any atom is 0.326 e. The smallest absolute Gasteiger partial charge is 0.326 e. The summed E-state index contributed by atoms with van der Waals surface area (Å²) < 4.78 is 24.2. The second-order valence-electron chi connectivity index (χ2n) is 7.11. The van der Waals surface area contributed by atoms with Gasteiger partial charge in [0.25, 0.3) is 5.91 Å². The van der Waals surface area contributed by atoms with Crippen LogP contribution in [0.25, 0.3) is 0 Å². The summed E-state index contributed by atoms with van der Waals surface area (Å²) in [5.74, 6) is 0.450. The Morgan fingerprint density at radius 1 is 0.912 bits per heavy atom. The normalized spacial score (nSPS) is 10.3. The molecule has 0 radical (unpaired) electrons. The molecule has 3 aromatic rings. The van der Waals surface area contributed by atoms with E-state index in [-0.39, 0.29) is 25.6 Å². The number of amides is 3. The van der Waals surface area contributed by atoms with Gasteiger partial charge in [0.2, 0.25) is 0 Å². The van der Waals surface area contributed by atoms with E-state index >= 15 is 0 Å². The molecule has 0 bridgehead atoms. The highest BCUT2D eigenvalue weighted by atomic mass is 35.5. The topological polar surface area (TPSA) is 79.9 Å². The molecule has 0 atom stereocenters. The van der Waals surface area contributed by atoms with Gasteiger partial charge in [0.05, 0.1) is 6.61 Å². The lowest BCUT2D eigenvalue weighted by Gasteiger charge is -2.23. The maximum absolute atomic E-state index is 13.4. The second kappa shape index (κ2) is 12.5. The molecule has 2 N–H and O–H groups in total. The molecule has 0 spiro atoms. The lowest BCUT2D eigenvalue weighted by atomic mass is 10.2. The second-order valence-corrected chi connectivity index (χ2v) is 7.54. The predicted molar refractivity (Wildman–Crippen MR) is 130 cm³/mol. The summed E-state index contributed by atoms with van der Waals surface area (Å²) in [6.07, 6.45) is 0. The zero-order valence-corrected chi connectivity index (χ0v) is 19.3. The van der Waals surface area contributed by atoms with Crippen molar-refractivity contribution in [2.45, 2.75) is 6.92 Å². The number of halogens is 2. The highest BCUT2D eigenvalue weighted by Crippen LogP contribution is 2.19. The van der Waals surface area contributed by atoms with E-state index in [9.17, 15) is 14.0 Å². The first kappa shape index (κ1) is 24.9. The monoisotopic (exact) mass is 485 g/mol. The minimum atomic E-state index is -0.428. The fourth-order valence-electron chi connectivity index (χ4n) is 3.00. The van der Waals surface area contributed by atoms with E-state index in [1.165, 1.54) is 29.2 Å². The van der Waals surface area contributed by atoms with Crippen LogP contribution in [-0.4, -0.2) is 38.2 Å². The van der Waals surface area contributed by atoms with Crippen LogP contribution in [0.5, 0.6) is 11.5 Å². The van der Waals surface area contributed by atoms with Gasteiger partial charge >= 0.3 is 6.03 Å². The van der Waals surface area contributed by atoms with Gasteiger partial charge in [-0.1, -0.05) is 11.6 Å². The number of benzene rings is 3. The number of hydrogen-bond donors (Lipinski definition) is 2. The van der Waals surface area contributed by atoms with Crippen LogP contribution < -0.4 is 25.0 Å². The van der Waals surface area contributed by atoms with E-state index in [0.29, 0.717) is 34.5 Å². The van der Waals surface area contributed by atoms with E-state index < -0.39 is 11.8 Å². The first-order valence-electron chi connectivity index (χ1n) is 10.7. The standard InChI is InChI=1S/C25H25ClFN3O4/c1-2-33-22-13-7-20(8-14-22)29-25(32)30(21-9-5-19(27)6-10-21)16-15-28-24(31)17-34-23-11-3-18(26)4-12-23/h3-14H,2,15-17H2,1H3,(H,28,31)(H,29,32). The summed E-state index contributed by atoms with van der Waals surface area (Å²) in [6.45, 7) is 2.56. The zero-order chi connectivity index (χ0) is 24.3. The number of carbonyl (C=O) groups is 2. The summed E-state index contributed by atoms with van der Waals surface area (Å²) in [4.78, 5) is 26.5. The molecule has 34 heavy (non-hydrogen) atoms. The molecule has 0 heterocycles. The quantitative estimate of drug-likeness (QED) is 0.418. The van der Waals surface area contributed by atoms with Crippen molar-refractivity contribution in [3.05, 3.63) is 83.6 Å². The van der Waals surface area contributed by atoms with Crippen LogP contribution in [-0.2, 0) is 4.79 Å². The van der Waals surface area contributed by atoms with Gasteiger partial charge in [0.1, 0.15) is 17.3 Å². The van der Waals surface area contributed by atoms with E-state index in [4.69, 9.17) is 21.1 Å². The summed E-state index contributed by atoms with van der Waals surface area (Å²) in [6, 6.07) is 18.7. The van der Waals surface area contributed by atoms with Crippen molar-refractivity contribution in [2.75, 3.05) is 36.5 Å². The molecule has 178 valence electrons. The third kappa shape index (κ3) is 7.67. The van der Waals surface area contributed by atoms with Crippen molar-refractivity contribution in [3.63, 3.8) is 0 Å². The predicted octanol–water partition coefficient (Wildman–Crippen LogP) is 5.11. The minimum Gasteiger partial charge on any atom is -0.494 e. The van der Waals surface area contributed by atoms with Gasteiger partial charge in [0.15, 0.2) is 6.61 Å². The third-order valence-electron chi connectivity index (χ3n) is 4.64. The van der Waals surface area contributed by atoms with E-state index in [0.717, 1.165) is 0 Å². The lowest BCUT2D eigenvalue weighted by Crippen LogP contribution is -2.42. The molecule has 0 fully saturated rings. The number of nitrogens with one attached hydrogen (secondary N) is 2. The van der Waals surface area contributed by atoms with Gasteiger partial charge in [0, 0.05) is 29.5 Å². The number of urea groups is 1. The van der Waals surface area contributed by atoms with Gasteiger partial charge in [-0.25, -0.2) is 9.18 Å². The van der Waals surface area contributed by atoms with Gasteiger partial charge in [-0.2, -0.15) is 0 Å². The van der Waals surface area contributed by atoms with Crippen LogP contribution in [0.2, 0.25) is 5.02 Å². The van der Waals surface area contributed by atoms with Crippen LogP contribution in [0.15, 0.2) is 72.8 Å². The largest absolute Gasteiger partial charge is 0.494 e. The Labute approximate surface area is 202 Å². The van der Waals surface area contributed by atoms with Crippen molar-refractivity contribution >= 4 is 34.9 Å². The first-order valence-corrected chi connectivity index (χ1v) is 11.0. The average Bonchev–Trinajstić information content (AvgIpc) is 2.83. The van der Waals surface area contributed by atoms with Gasteiger partial charge in [-0.15, -0.1) is 0 Å². The molecule has 7 nitrogen and oxygen atoms in total. The van der Waals surface area contributed by atoms with Crippen LogP contribution in [0.4, 0.5) is 20.6 Å². The molecule has 0 aliphatic heterocycles. The van der Waals surface area contributed by atoms with Crippen molar-refractivity contribution in [3.8, 4) is 11.5 Å². The molecule has 9 heteroatoms. The number of carbonyl (C=O) groups excluding carboxylic acids is 2. The fraction of sp³-hybridized carbons (Fsp3) is 0.200. The Hall–Kier alpha value is -3.78. The van der Waals surface area contributed by atoms with Crippen molar-refractivity contribution in [1.29, 1.82) is 0 Å². The van der Waals surface area contributed by atoms with E-state index in [1.807, 2.05) is 6.92 Å². The highest BCUT2D eigenvalue weighted by Gasteiger charge is 2.17. The Morgan fingerprint density at radius 3 is 2.18 bits per heavy atom. The minimum absolute atomic E-state index is 0.154. The Bertz CT molecular complexity index is 1080. The summed E-state index contributed by atoms with van der Waals surface area (Å²) in [7, 11) is 0. The first-order chi connectivity index (χ1) is 16.4. The zero-order valence-electron chi connectivity index (χ0n) is 18.6. The number of rotatable bonds is 10. The van der Waals surface area contributed by atoms with Crippen molar-refractivity contribution in [1.82, 2.24) is 5.32 Å². The molecule has 0 aliphatic rings. The molecule has 0 aliphatic carbocycles. The van der Waals surface area contributed by atoms with E-state index in [1.54, 1.807) is 48.5 Å². The number of nitrogens with zero attached hydrogens (tertiary/aromatic N) is 1. The molecule has 0 saturated carbocycles. The SMILES string of the molecule is CCOc1ccc(NC(=O)N(CCNC(=O)COc2ccc(Cl)cc2)c2ccc(F)cc2)cc1. The molecule has 0 unspecified atom stereocenters. The molecular weight excluding hydrogens is 461 g/mol. The van der Waals surface area contributed by atoms with Gasteiger partial charge < -0.3 is 20.1 Å². The van der Waals surface area contributed by atoms with Crippen molar-refractivity contribution in [2.24, 2.45) is 0 Å². The average molecular weight is 486 g/mol. The van der Waals surface area contributed by atoms with Crippen LogP contribution >= 0.6 is 11.6 Å². The summed E-state index contributed by atoms with van der Waals surface area (Å²) in [5.41, 5.74) is 1.05. The summed E-state index contributed by atoms with van der Waals surface area (Å²) in [5, 5.41) is 6.09. The molecule has 3 aromatic carbocycles. The molecule has 3 amide bonds. The molecular formula is C25H25ClFN3O4. The number of ether oxygens (including phenoxy) is 2. The highest BCUT2D eigenvalue weighted by molar-refractivity contribution is 6.30. The Balaban J connectivity index is 1.57. The molecule has 0 saturated heterocycles. The fourth-order valence-corrected chi connectivity index (χ4v) is 3.12. The summed E-state index contributed by atoms with van der Waals surface area (Å²) >= 11 is 5.83. The molecule has 3 rings (SSSR count). The van der Waals surface area contributed by atoms with Crippen molar-refractivity contribution < 1.29 is 23.5 Å². The third-order valence-corrected chi connectivity index (χ3v) is 4.89. The molecule has 0 aromatic heterocycles. The Kier molecular flexibility index (Phi) is 9.11.